The van der Waals surface area contributed by atoms with Gasteiger partial charge in [-0.05, 0) is 30.7 Å². The zero-order valence-electron chi connectivity index (χ0n) is 13.9. The highest BCUT2D eigenvalue weighted by Gasteiger charge is 2.16. The molecule has 26 heavy (non-hydrogen) atoms. The molecule has 0 saturated carbocycles. The van der Waals surface area contributed by atoms with Crippen LogP contribution < -0.4 is 5.56 Å². The van der Waals surface area contributed by atoms with Crippen molar-refractivity contribution in [3.63, 3.8) is 0 Å². The zero-order chi connectivity index (χ0) is 17.7. The van der Waals surface area contributed by atoms with Gasteiger partial charge in [-0.3, -0.25) is 4.79 Å². The minimum absolute atomic E-state index is 0.0968. The topological polar surface area (TPSA) is 87.6 Å². The second-order valence-corrected chi connectivity index (χ2v) is 6.20. The van der Waals surface area contributed by atoms with Crippen LogP contribution in [0.25, 0.3) is 44.5 Å². The molecule has 0 spiro atoms. The number of nitrogens with one attached hydrogen (secondary N) is 2. The largest absolute Gasteiger partial charge is 0.353 e. The number of fused-ring (bicyclic) bond motifs is 3. The van der Waals surface area contributed by atoms with Gasteiger partial charge in [0.05, 0.1) is 11.0 Å². The third-order valence-corrected chi connectivity index (χ3v) is 4.67. The highest BCUT2D eigenvalue weighted by Crippen LogP contribution is 2.34. The Hall–Kier alpha value is -3.67. The Labute approximate surface area is 147 Å². The Kier molecular flexibility index (Phi) is 3.05. The van der Waals surface area contributed by atoms with E-state index in [2.05, 4.69) is 20.1 Å². The zero-order valence-corrected chi connectivity index (χ0v) is 13.9. The van der Waals surface area contributed by atoms with Gasteiger partial charge in [0.1, 0.15) is 0 Å². The molecule has 5 rings (SSSR count). The highest BCUT2D eigenvalue weighted by molar-refractivity contribution is 6.10. The summed E-state index contributed by atoms with van der Waals surface area (Å²) in [6.45, 7) is 1.83. The van der Waals surface area contributed by atoms with E-state index in [4.69, 9.17) is 4.52 Å². The Morgan fingerprint density at radius 3 is 2.65 bits per heavy atom. The first-order chi connectivity index (χ1) is 12.7. The molecule has 3 aromatic heterocycles. The number of benzene rings is 2. The van der Waals surface area contributed by atoms with Crippen LogP contribution in [0.1, 0.15) is 5.56 Å². The SMILES string of the molecule is Cc1c(-c2cccc(-c3ncno3)c2)c2[nH]c3ccccc3c2[nH]c1=O. The first kappa shape index (κ1) is 14.7. The fraction of sp³-hybridized carbons (Fsp3) is 0.0500. The summed E-state index contributed by atoms with van der Waals surface area (Å²) < 4.78 is 5.16. The van der Waals surface area contributed by atoms with E-state index in [9.17, 15) is 4.79 Å². The van der Waals surface area contributed by atoms with Crippen molar-refractivity contribution in [3.8, 4) is 22.6 Å². The maximum absolute atomic E-state index is 12.6. The number of hydrogen-bond donors (Lipinski definition) is 2. The molecular formula is C20H14N4O2. The van der Waals surface area contributed by atoms with Crippen molar-refractivity contribution in [2.45, 2.75) is 6.92 Å². The third kappa shape index (κ3) is 2.09. The number of H-pyrrole nitrogens is 2. The molecule has 0 unspecified atom stereocenters. The fourth-order valence-corrected chi connectivity index (χ4v) is 3.44. The Balaban J connectivity index is 1.86. The summed E-state index contributed by atoms with van der Waals surface area (Å²) in [5, 5.41) is 4.66. The van der Waals surface area contributed by atoms with Gasteiger partial charge in [-0.2, -0.15) is 4.98 Å². The molecule has 0 aliphatic heterocycles. The average Bonchev–Trinajstić information content (AvgIpc) is 3.31. The van der Waals surface area contributed by atoms with Crippen molar-refractivity contribution in [2.75, 3.05) is 0 Å². The predicted molar refractivity (Wildman–Crippen MR) is 99.9 cm³/mol. The maximum atomic E-state index is 12.6. The molecule has 0 fully saturated rings. The monoisotopic (exact) mass is 342 g/mol. The van der Waals surface area contributed by atoms with Gasteiger partial charge < -0.3 is 14.5 Å². The van der Waals surface area contributed by atoms with Crippen LogP contribution in [0.2, 0.25) is 0 Å². The van der Waals surface area contributed by atoms with Gasteiger partial charge in [-0.25, -0.2) is 0 Å². The van der Waals surface area contributed by atoms with Crippen molar-refractivity contribution in [1.29, 1.82) is 0 Å². The van der Waals surface area contributed by atoms with E-state index in [1.807, 2.05) is 55.5 Å². The van der Waals surface area contributed by atoms with Crippen LogP contribution in [0.5, 0.6) is 0 Å². The molecule has 6 nitrogen and oxygen atoms in total. The first-order valence-electron chi connectivity index (χ1n) is 8.23. The van der Waals surface area contributed by atoms with E-state index in [-0.39, 0.29) is 5.56 Å². The lowest BCUT2D eigenvalue weighted by atomic mass is 9.98. The van der Waals surface area contributed by atoms with Crippen LogP contribution in [-0.4, -0.2) is 20.1 Å². The lowest BCUT2D eigenvalue weighted by molar-refractivity contribution is 0.430. The van der Waals surface area contributed by atoms with Crippen molar-refractivity contribution in [3.05, 3.63) is 70.8 Å². The molecule has 3 heterocycles. The van der Waals surface area contributed by atoms with E-state index in [1.54, 1.807) is 0 Å². The normalized spacial score (nSPS) is 11.4. The van der Waals surface area contributed by atoms with Crippen LogP contribution >= 0.6 is 0 Å². The van der Waals surface area contributed by atoms with Crippen LogP contribution in [-0.2, 0) is 0 Å². The number of nitrogens with zero attached hydrogens (tertiary/aromatic N) is 2. The van der Waals surface area contributed by atoms with Gasteiger partial charge in [0.25, 0.3) is 11.4 Å². The second kappa shape index (κ2) is 5.42. The van der Waals surface area contributed by atoms with E-state index in [0.29, 0.717) is 11.5 Å². The number of aromatic nitrogens is 4. The molecule has 6 heteroatoms. The standard InChI is InChI=1S/C20H14N4O2/c1-11-16(12-5-4-6-13(9-12)20-21-10-22-26-20)18-17(24-19(11)25)14-7-2-3-8-15(14)23-18/h2-10,23H,1H3,(H,24,25). The summed E-state index contributed by atoms with van der Waals surface area (Å²) >= 11 is 0. The minimum Gasteiger partial charge on any atom is -0.353 e. The molecule has 0 radical (unpaired) electrons. The summed E-state index contributed by atoms with van der Waals surface area (Å²) in [6.07, 6.45) is 1.37. The van der Waals surface area contributed by atoms with E-state index >= 15 is 0 Å². The number of pyridine rings is 1. The van der Waals surface area contributed by atoms with Crippen molar-refractivity contribution >= 4 is 21.9 Å². The molecule has 0 saturated heterocycles. The van der Waals surface area contributed by atoms with E-state index in [1.165, 1.54) is 6.33 Å². The minimum atomic E-state index is -0.0968. The smallest absolute Gasteiger partial charge is 0.257 e. The van der Waals surface area contributed by atoms with Crippen LogP contribution in [0.4, 0.5) is 0 Å². The number of aromatic amines is 2. The number of rotatable bonds is 2. The molecule has 0 bridgehead atoms. The second-order valence-electron chi connectivity index (χ2n) is 6.20. The Morgan fingerprint density at radius 1 is 0.962 bits per heavy atom. The van der Waals surface area contributed by atoms with Crippen LogP contribution in [0.3, 0.4) is 0 Å². The van der Waals surface area contributed by atoms with Gasteiger partial charge in [0.2, 0.25) is 0 Å². The van der Waals surface area contributed by atoms with Gasteiger partial charge in [-0.15, -0.1) is 0 Å². The first-order valence-corrected chi connectivity index (χ1v) is 8.23. The molecular weight excluding hydrogens is 328 g/mol. The van der Waals surface area contributed by atoms with Crippen LogP contribution in [0.15, 0.2) is 64.2 Å². The maximum Gasteiger partial charge on any atom is 0.257 e. The van der Waals surface area contributed by atoms with Crippen LogP contribution in [0, 0.1) is 6.92 Å². The lowest BCUT2D eigenvalue weighted by Gasteiger charge is -2.08. The summed E-state index contributed by atoms with van der Waals surface area (Å²) in [5.41, 5.74) is 5.87. The molecule has 0 atom stereocenters. The van der Waals surface area contributed by atoms with Gasteiger partial charge in [0.15, 0.2) is 6.33 Å². The summed E-state index contributed by atoms with van der Waals surface area (Å²) in [6, 6.07) is 15.7. The molecule has 5 aromatic rings. The quantitative estimate of drug-likeness (QED) is 0.507. The van der Waals surface area contributed by atoms with Crippen molar-refractivity contribution in [2.24, 2.45) is 0 Å². The lowest BCUT2D eigenvalue weighted by Crippen LogP contribution is -2.10. The third-order valence-electron chi connectivity index (χ3n) is 4.67. The molecule has 126 valence electrons. The van der Waals surface area contributed by atoms with Gasteiger partial charge in [-0.1, -0.05) is 35.5 Å². The molecule has 2 aromatic carbocycles. The van der Waals surface area contributed by atoms with Crippen molar-refractivity contribution in [1.82, 2.24) is 20.1 Å². The molecule has 0 amide bonds. The number of para-hydroxylation sites is 1. The Bertz CT molecular complexity index is 1310. The van der Waals surface area contributed by atoms with Gasteiger partial charge in [0, 0.05) is 27.6 Å². The number of hydrogen-bond acceptors (Lipinski definition) is 4. The average molecular weight is 342 g/mol. The summed E-state index contributed by atoms with van der Waals surface area (Å²) in [4.78, 5) is 23.1. The molecule has 0 aliphatic carbocycles. The predicted octanol–water partition coefficient (Wildman–Crippen LogP) is 4.03. The summed E-state index contributed by atoms with van der Waals surface area (Å²) in [5.74, 6) is 0.447. The summed E-state index contributed by atoms with van der Waals surface area (Å²) in [7, 11) is 0. The molecule has 0 aliphatic rings. The van der Waals surface area contributed by atoms with Gasteiger partial charge >= 0.3 is 0 Å². The van der Waals surface area contributed by atoms with E-state index in [0.717, 1.165) is 38.6 Å². The Morgan fingerprint density at radius 2 is 1.81 bits per heavy atom. The van der Waals surface area contributed by atoms with Crippen molar-refractivity contribution < 1.29 is 4.52 Å². The highest BCUT2D eigenvalue weighted by atomic mass is 16.5. The van der Waals surface area contributed by atoms with E-state index < -0.39 is 0 Å². The molecule has 2 N–H and O–H groups in total. The fourth-order valence-electron chi connectivity index (χ4n) is 3.44.